The van der Waals surface area contributed by atoms with Crippen LogP contribution in [-0.4, -0.2) is 52.0 Å². The molecule has 1 heterocycles. The van der Waals surface area contributed by atoms with Crippen molar-refractivity contribution in [3.8, 4) is 5.75 Å². The van der Waals surface area contributed by atoms with Crippen LogP contribution in [0.1, 0.15) is 55.9 Å². The highest BCUT2D eigenvalue weighted by molar-refractivity contribution is 6.33. The van der Waals surface area contributed by atoms with Gasteiger partial charge in [0, 0.05) is 36.8 Å². The topological polar surface area (TPSA) is 100 Å². The molecule has 2 aliphatic carbocycles. The number of halogens is 10. The molecule has 1 unspecified atom stereocenters. The summed E-state index contributed by atoms with van der Waals surface area (Å²) in [5, 5.41) is 18.7. The maximum absolute atomic E-state index is 14.7. The van der Waals surface area contributed by atoms with E-state index >= 15 is 0 Å². The number of nitrogens with zero attached hydrogens (tertiary/aromatic N) is 2. The SMILES string of the molecule is Cn1c(Nc2cc(CNC(=O)C3(C(F)(F)F)CC3)c(F)cc2Cl)nc2cc(C(O)NC3CCC(C(F)(F)F)CC3)c(OCC(F)F)cc21. The van der Waals surface area contributed by atoms with Crippen molar-refractivity contribution < 1.29 is 54.2 Å². The molecule has 264 valence electrons. The largest absolute Gasteiger partial charge is 0.487 e. The molecule has 0 saturated heterocycles. The Labute approximate surface area is 273 Å². The summed E-state index contributed by atoms with van der Waals surface area (Å²) in [5.41, 5.74) is -2.02. The van der Waals surface area contributed by atoms with Gasteiger partial charge in [-0.15, -0.1) is 0 Å². The molecule has 1 amide bonds. The van der Waals surface area contributed by atoms with E-state index in [9.17, 15) is 49.4 Å². The van der Waals surface area contributed by atoms with Gasteiger partial charge >= 0.3 is 12.4 Å². The van der Waals surface area contributed by atoms with Crippen LogP contribution >= 0.6 is 11.6 Å². The third-order valence-electron chi connectivity index (χ3n) is 8.80. The number of hydrogen-bond donors (Lipinski definition) is 4. The fourth-order valence-electron chi connectivity index (χ4n) is 5.79. The molecule has 2 fully saturated rings. The number of fused-ring (bicyclic) bond motifs is 1. The van der Waals surface area contributed by atoms with Crippen molar-refractivity contribution in [3.05, 3.63) is 46.2 Å². The van der Waals surface area contributed by atoms with Gasteiger partial charge in [0.25, 0.3) is 6.43 Å². The van der Waals surface area contributed by atoms with Gasteiger partial charge in [0.2, 0.25) is 11.9 Å². The summed E-state index contributed by atoms with van der Waals surface area (Å²) in [5.74, 6) is -3.63. The van der Waals surface area contributed by atoms with Crippen LogP contribution in [0.3, 0.4) is 0 Å². The Morgan fingerprint density at radius 3 is 2.35 bits per heavy atom. The van der Waals surface area contributed by atoms with E-state index in [-0.39, 0.29) is 77.6 Å². The quantitative estimate of drug-likeness (QED) is 0.122. The molecule has 0 bridgehead atoms. The lowest BCUT2D eigenvalue weighted by atomic mass is 9.85. The number of aliphatic hydroxyl groups is 1. The van der Waals surface area contributed by atoms with Crippen LogP contribution in [0.2, 0.25) is 5.02 Å². The van der Waals surface area contributed by atoms with Gasteiger partial charge in [0.15, 0.2) is 0 Å². The number of aliphatic hydroxyl groups excluding tert-OH is 1. The first-order chi connectivity index (χ1) is 22.4. The Morgan fingerprint density at radius 1 is 1.10 bits per heavy atom. The van der Waals surface area contributed by atoms with Gasteiger partial charge in [-0.25, -0.2) is 18.2 Å². The minimum absolute atomic E-state index is 0.0101. The van der Waals surface area contributed by atoms with Crippen molar-refractivity contribution in [2.24, 2.45) is 18.4 Å². The Bertz CT molecular complexity index is 1650. The standard InChI is InChI=1S/C30H31ClF9N5O3/c1-45-22-11-23(48-13-24(33)34)17(25(46)42-16-4-2-15(3-5-16)29(35,36)37)9-21(22)44-27(45)43-20-8-14(19(32)10-18(20)31)12-41-26(47)28(6-7-28)30(38,39)40/h8-11,15-16,24-25,42,46H,2-7,12-13H2,1H3,(H,41,47)(H,43,44). The van der Waals surface area contributed by atoms with E-state index in [1.54, 1.807) is 0 Å². The molecule has 0 radical (unpaired) electrons. The second-order valence-electron chi connectivity index (χ2n) is 12.0. The molecule has 3 aromatic rings. The summed E-state index contributed by atoms with van der Waals surface area (Å²) in [6.45, 7) is -1.58. The second-order valence-corrected chi connectivity index (χ2v) is 12.5. The van der Waals surface area contributed by atoms with E-state index in [0.29, 0.717) is 5.52 Å². The van der Waals surface area contributed by atoms with E-state index in [4.69, 9.17) is 16.3 Å². The van der Waals surface area contributed by atoms with E-state index in [1.807, 2.05) is 0 Å². The van der Waals surface area contributed by atoms with Crippen molar-refractivity contribution in [3.63, 3.8) is 0 Å². The average Bonchev–Trinajstić information content (AvgIpc) is 3.77. The van der Waals surface area contributed by atoms with Crippen molar-refractivity contribution >= 4 is 40.2 Å². The summed E-state index contributed by atoms with van der Waals surface area (Å²) in [4.78, 5) is 16.7. The molecule has 18 heteroatoms. The molecule has 2 aromatic carbocycles. The van der Waals surface area contributed by atoms with Gasteiger partial charge in [-0.2, -0.15) is 26.3 Å². The lowest BCUT2D eigenvalue weighted by Gasteiger charge is -2.32. The fraction of sp³-hybridized carbons (Fsp3) is 0.533. The van der Waals surface area contributed by atoms with Crippen molar-refractivity contribution in [1.29, 1.82) is 0 Å². The Kier molecular flexibility index (Phi) is 10.1. The molecule has 0 aliphatic heterocycles. The van der Waals surface area contributed by atoms with E-state index in [0.717, 1.165) is 6.07 Å². The first-order valence-corrected chi connectivity index (χ1v) is 15.3. The van der Waals surface area contributed by atoms with Crippen LogP contribution in [0.15, 0.2) is 24.3 Å². The molecule has 4 N–H and O–H groups in total. The van der Waals surface area contributed by atoms with Crippen LogP contribution in [0.5, 0.6) is 5.75 Å². The number of aryl methyl sites for hydroxylation is 1. The number of aromatic nitrogens is 2. The number of carbonyl (C=O) groups excluding carboxylic acids is 1. The Hall–Kier alpha value is -3.44. The third kappa shape index (κ3) is 7.57. The molecule has 2 aliphatic rings. The molecule has 8 nitrogen and oxygen atoms in total. The maximum Gasteiger partial charge on any atom is 0.403 e. The second kappa shape index (κ2) is 13.5. The van der Waals surface area contributed by atoms with Gasteiger partial charge in [-0.3, -0.25) is 10.1 Å². The monoisotopic (exact) mass is 715 g/mol. The number of benzene rings is 2. The predicted octanol–water partition coefficient (Wildman–Crippen LogP) is 7.41. The van der Waals surface area contributed by atoms with E-state index < -0.39 is 67.3 Å². The summed E-state index contributed by atoms with van der Waals surface area (Å²) in [7, 11) is 1.53. The number of alkyl halides is 8. The van der Waals surface area contributed by atoms with E-state index in [2.05, 4.69) is 20.9 Å². The first kappa shape index (κ1) is 35.9. The summed E-state index contributed by atoms with van der Waals surface area (Å²) in [6.07, 6.45) is -14.2. The number of ether oxygens (including phenoxy) is 1. The normalized spacial score (nSPS) is 20.2. The Morgan fingerprint density at radius 2 is 1.77 bits per heavy atom. The highest BCUT2D eigenvalue weighted by atomic mass is 35.5. The van der Waals surface area contributed by atoms with Gasteiger partial charge in [0.05, 0.1) is 27.7 Å². The van der Waals surface area contributed by atoms with Gasteiger partial charge < -0.3 is 25.0 Å². The third-order valence-corrected chi connectivity index (χ3v) is 9.12. The molecular formula is C30H31ClF9N5O3. The van der Waals surface area contributed by atoms with Gasteiger partial charge in [-0.1, -0.05) is 11.6 Å². The number of hydrogen-bond acceptors (Lipinski definition) is 6. The van der Waals surface area contributed by atoms with Gasteiger partial charge in [-0.05, 0) is 56.7 Å². The highest BCUT2D eigenvalue weighted by Gasteiger charge is 2.68. The van der Waals surface area contributed by atoms with Crippen LogP contribution in [0.25, 0.3) is 11.0 Å². The number of amides is 1. The summed E-state index contributed by atoms with van der Waals surface area (Å²) >= 11 is 6.23. The fourth-order valence-corrected chi connectivity index (χ4v) is 5.99. The molecule has 2 saturated carbocycles. The number of carbonyl (C=O) groups is 1. The van der Waals surface area contributed by atoms with Crippen LogP contribution in [0, 0.1) is 17.2 Å². The number of imidazole rings is 1. The number of rotatable bonds is 11. The number of anilines is 2. The minimum Gasteiger partial charge on any atom is -0.487 e. The van der Waals surface area contributed by atoms with Crippen molar-refractivity contribution in [2.75, 3.05) is 11.9 Å². The molecular weight excluding hydrogens is 685 g/mol. The number of nitrogens with one attached hydrogen (secondary N) is 3. The highest BCUT2D eigenvalue weighted by Crippen LogP contribution is 2.57. The first-order valence-electron chi connectivity index (χ1n) is 14.9. The summed E-state index contributed by atoms with van der Waals surface area (Å²) in [6, 6.07) is 4.32. The van der Waals surface area contributed by atoms with Crippen LogP contribution in [-0.2, 0) is 18.4 Å². The zero-order chi connectivity index (χ0) is 35.2. The van der Waals surface area contributed by atoms with E-state index in [1.165, 1.54) is 29.8 Å². The molecule has 5 rings (SSSR count). The zero-order valence-electron chi connectivity index (χ0n) is 25.2. The van der Waals surface area contributed by atoms with Crippen LogP contribution < -0.4 is 20.7 Å². The zero-order valence-corrected chi connectivity index (χ0v) is 26.0. The minimum atomic E-state index is -4.74. The average molecular weight is 716 g/mol. The van der Waals surface area contributed by atoms with Crippen molar-refractivity contribution in [2.45, 2.75) is 76.1 Å². The van der Waals surface area contributed by atoms with Gasteiger partial charge in [0.1, 0.15) is 29.8 Å². The molecule has 0 spiro atoms. The van der Waals surface area contributed by atoms with Crippen LogP contribution in [0.4, 0.5) is 51.1 Å². The smallest absolute Gasteiger partial charge is 0.403 e. The lowest BCUT2D eigenvalue weighted by molar-refractivity contribution is -0.192. The predicted molar refractivity (Wildman–Crippen MR) is 156 cm³/mol. The summed E-state index contributed by atoms with van der Waals surface area (Å²) < 4.78 is 127. The van der Waals surface area contributed by atoms with Crippen molar-refractivity contribution in [1.82, 2.24) is 20.2 Å². The molecule has 48 heavy (non-hydrogen) atoms. The molecule has 1 atom stereocenters. The lowest BCUT2D eigenvalue weighted by Crippen LogP contribution is -2.41. The Balaban J connectivity index is 1.37. The molecule has 1 aromatic heterocycles. The maximum atomic E-state index is 14.7.